The third-order valence-corrected chi connectivity index (χ3v) is 4.08. The van der Waals surface area contributed by atoms with E-state index in [1.54, 1.807) is 11.1 Å². The lowest BCUT2D eigenvalue weighted by Crippen LogP contribution is -2.46. The molecule has 0 bridgehead atoms. The van der Waals surface area contributed by atoms with Gasteiger partial charge in [0, 0.05) is 24.7 Å². The second-order valence-corrected chi connectivity index (χ2v) is 5.47. The zero-order valence-corrected chi connectivity index (χ0v) is 11.5. The molecular weight excluding hydrogens is 252 g/mol. The Morgan fingerprint density at radius 3 is 2.95 bits per heavy atom. The van der Waals surface area contributed by atoms with Crippen LogP contribution >= 0.6 is 0 Å². The number of piperidine rings is 1. The number of pyridine rings is 1. The minimum Gasteiger partial charge on any atom is -0.391 e. The van der Waals surface area contributed by atoms with Crippen molar-refractivity contribution < 1.29 is 9.90 Å². The Morgan fingerprint density at radius 1 is 1.35 bits per heavy atom. The maximum atomic E-state index is 12.6. The number of benzene rings is 1. The highest BCUT2D eigenvalue weighted by Crippen LogP contribution is 2.22. The fourth-order valence-corrected chi connectivity index (χ4v) is 2.67. The number of aromatic nitrogens is 1. The molecule has 20 heavy (non-hydrogen) atoms. The van der Waals surface area contributed by atoms with Crippen LogP contribution in [0.15, 0.2) is 36.5 Å². The summed E-state index contributed by atoms with van der Waals surface area (Å²) in [5.41, 5.74) is 0.477. The summed E-state index contributed by atoms with van der Waals surface area (Å²) >= 11 is 0. The molecule has 1 aliphatic heterocycles. The van der Waals surface area contributed by atoms with Crippen molar-refractivity contribution in [3.8, 4) is 0 Å². The first-order chi connectivity index (χ1) is 9.66. The summed E-state index contributed by atoms with van der Waals surface area (Å²) in [6, 6.07) is 9.65. The third kappa shape index (κ3) is 2.27. The van der Waals surface area contributed by atoms with E-state index in [1.165, 1.54) is 0 Å². The Kier molecular flexibility index (Phi) is 3.40. The van der Waals surface area contributed by atoms with Crippen LogP contribution in [0.25, 0.3) is 10.8 Å². The average molecular weight is 270 g/mol. The van der Waals surface area contributed by atoms with Gasteiger partial charge < -0.3 is 10.0 Å². The first kappa shape index (κ1) is 13.1. The van der Waals surface area contributed by atoms with Crippen molar-refractivity contribution in [2.45, 2.75) is 19.4 Å². The van der Waals surface area contributed by atoms with E-state index < -0.39 is 6.10 Å². The molecule has 1 N–H and O–H groups in total. The van der Waals surface area contributed by atoms with Crippen molar-refractivity contribution in [1.29, 1.82) is 0 Å². The molecule has 1 aliphatic rings. The number of carbonyl (C=O) groups is 1. The Hall–Kier alpha value is -1.94. The Bertz CT molecular complexity index is 636. The van der Waals surface area contributed by atoms with Gasteiger partial charge in [0.15, 0.2) is 0 Å². The maximum Gasteiger partial charge on any atom is 0.273 e. The van der Waals surface area contributed by atoms with Gasteiger partial charge in [-0.1, -0.05) is 31.2 Å². The number of hydrogen-bond acceptors (Lipinski definition) is 3. The average Bonchev–Trinajstić information content (AvgIpc) is 2.49. The number of β-amino-alcohol motifs (C(OH)–C–C–N with tert-alkyl or cyclic N) is 1. The molecule has 1 fully saturated rings. The van der Waals surface area contributed by atoms with Crippen molar-refractivity contribution in [2.75, 3.05) is 13.1 Å². The molecule has 0 radical (unpaired) electrons. The van der Waals surface area contributed by atoms with Crippen LogP contribution in [0.1, 0.15) is 23.8 Å². The largest absolute Gasteiger partial charge is 0.391 e. The van der Waals surface area contributed by atoms with Crippen molar-refractivity contribution in [3.05, 3.63) is 42.2 Å². The molecule has 2 aromatic rings. The van der Waals surface area contributed by atoms with E-state index in [9.17, 15) is 9.90 Å². The van der Waals surface area contributed by atoms with E-state index >= 15 is 0 Å². The number of hydrogen-bond donors (Lipinski definition) is 1. The second-order valence-electron chi connectivity index (χ2n) is 5.47. The molecule has 1 aromatic heterocycles. The SMILES string of the molecule is CC1CCN(C(=O)c2nccc3ccccc23)CC1O. The number of likely N-dealkylation sites (tertiary alicyclic amines) is 1. The predicted molar refractivity (Wildman–Crippen MR) is 77.4 cm³/mol. The summed E-state index contributed by atoms with van der Waals surface area (Å²) in [6.45, 7) is 3.09. The maximum absolute atomic E-state index is 12.6. The monoisotopic (exact) mass is 270 g/mol. The molecule has 0 aliphatic carbocycles. The fraction of sp³-hybridized carbons (Fsp3) is 0.375. The highest BCUT2D eigenvalue weighted by molar-refractivity contribution is 6.05. The van der Waals surface area contributed by atoms with Gasteiger partial charge in [0.05, 0.1) is 6.10 Å². The molecule has 3 rings (SSSR count). The third-order valence-electron chi connectivity index (χ3n) is 4.08. The van der Waals surface area contributed by atoms with E-state index in [1.807, 2.05) is 37.3 Å². The first-order valence-corrected chi connectivity index (χ1v) is 6.98. The molecule has 2 atom stereocenters. The van der Waals surface area contributed by atoms with Crippen LogP contribution in [0.3, 0.4) is 0 Å². The summed E-state index contributed by atoms with van der Waals surface area (Å²) < 4.78 is 0. The molecule has 0 saturated carbocycles. The van der Waals surface area contributed by atoms with E-state index in [2.05, 4.69) is 4.98 Å². The van der Waals surface area contributed by atoms with Crippen LogP contribution in [0.5, 0.6) is 0 Å². The molecule has 0 spiro atoms. The van der Waals surface area contributed by atoms with Crippen molar-refractivity contribution in [1.82, 2.24) is 9.88 Å². The minimum atomic E-state index is -0.442. The standard InChI is InChI=1S/C16H18N2O2/c1-11-7-9-18(10-14(11)19)16(20)15-13-5-3-2-4-12(13)6-8-17-15/h2-6,8,11,14,19H,7,9-10H2,1H3. The summed E-state index contributed by atoms with van der Waals surface area (Å²) in [6.07, 6.45) is 2.05. The van der Waals surface area contributed by atoms with Gasteiger partial charge in [-0.2, -0.15) is 0 Å². The van der Waals surface area contributed by atoms with E-state index in [4.69, 9.17) is 0 Å². The zero-order valence-electron chi connectivity index (χ0n) is 11.5. The van der Waals surface area contributed by atoms with Gasteiger partial charge in [-0.15, -0.1) is 0 Å². The molecule has 4 nitrogen and oxygen atoms in total. The highest BCUT2D eigenvalue weighted by atomic mass is 16.3. The van der Waals surface area contributed by atoms with Gasteiger partial charge in [0.1, 0.15) is 5.69 Å². The molecule has 2 heterocycles. The quantitative estimate of drug-likeness (QED) is 0.863. The molecule has 1 saturated heterocycles. The van der Waals surface area contributed by atoms with Crippen molar-refractivity contribution in [2.24, 2.45) is 5.92 Å². The minimum absolute atomic E-state index is 0.0900. The van der Waals surface area contributed by atoms with Gasteiger partial charge in [-0.3, -0.25) is 9.78 Å². The molecule has 4 heteroatoms. The summed E-state index contributed by atoms with van der Waals surface area (Å²) in [5.74, 6) is 0.160. The van der Waals surface area contributed by atoms with E-state index in [0.29, 0.717) is 18.8 Å². The second kappa shape index (κ2) is 5.21. The van der Waals surface area contributed by atoms with E-state index in [0.717, 1.165) is 17.2 Å². The lowest BCUT2D eigenvalue weighted by atomic mass is 9.95. The Labute approximate surface area is 118 Å². The number of fused-ring (bicyclic) bond motifs is 1. The van der Waals surface area contributed by atoms with Crippen LogP contribution in [0, 0.1) is 5.92 Å². The smallest absolute Gasteiger partial charge is 0.273 e. The van der Waals surface area contributed by atoms with Gasteiger partial charge in [-0.25, -0.2) is 0 Å². The number of aliphatic hydroxyl groups excluding tert-OH is 1. The molecular formula is C16H18N2O2. The van der Waals surface area contributed by atoms with Gasteiger partial charge in [0.2, 0.25) is 0 Å². The summed E-state index contributed by atoms with van der Waals surface area (Å²) in [5, 5.41) is 11.8. The Morgan fingerprint density at radius 2 is 2.15 bits per heavy atom. The predicted octanol–water partition coefficient (Wildman–Crippen LogP) is 2.08. The van der Waals surface area contributed by atoms with Gasteiger partial charge >= 0.3 is 0 Å². The Balaban J connectivity index is 1.93. The number of carbonyl (C=O) groups excluding carboxylic acids is 1. The van der Waals surface area contributed by atoms with Crippen LogP contribution in [-0.4, -0.2) is 40.1 Å². The molecule has 1 amide bonds. The molecule has 1 aromatic carbocycles. The van der Waals surface area contributed by atoms with Crippen LogP contribution < -0.4 is 0 Å². The zero-order chi connectivity index (χ0) is 14.1. The number of nitrogens with zero attached hydrogens (tertiary/aromatic N) is 2. The van der Waals surface area contributed by atoms with Gasteiger partial charge in [0.25, 0.3) is 5.91 Å². The molecule has 104 valence electrons. The van der Waals surface area contributed by atoms with Crippen molar-refractivity contribution >= 4 is 16.7 Å². The van der Waals surface area contributed by atoms with Crippen LogP contribution in [-0.2, 0) is 0 Å². The van der Waals surface area contributed by atoms with Gasteiger partial charge in [-0.05, 0) is 23.8 Å². The summed E-state index contributed by atoms with van der Waals surface area (Å²) in [4.78, 5) is 18.6. The van der Waals surface area contributed by atoms with Crippen LogP contribution in [0.2, 0.25) is 0 Å². The number of rotatable bonds is 1. The van der Waals surface area contributed by atoms with E-state index in [-0.39, 0.29) is 11.8 Å². The number of aliphatic hydroxyl groups is 1. The normalized spacial score (nSPS) is 23.0. The first-order valence-electron chi connectivity index (χ1n) is 6.98. The summed E-state index contributed by atoms with van der Waals surface area (Å²) in [7, 11) is 0. The lowest BCUT2D eigenvalue weighted by molar-refractivity contribution is 0.0246. The highest BCUT2D eigenvalue weighted by Gasteiger charge is 2.29. The van der Waals surface area contributed by atoms with Crippen LogP contribution in [0.4, 0.5) is 0 Å². The fourth-order valence-electron chi connectivity index (χ4n) is 2.67. The molecule has 2 unspecified atom stereocenters. The number of amides is 1. The lowest BCUT2D eigenvalue weighted by Gasteiger charge is -2.34. The van der Waals surface area contributed by atoms with Crippen molar-refractivity contribution in [3.63, 3.8) is 0 Å². The topological polar surface area (TPSA) is 53.4 Å².